The standard InChI is InChI=1S/C14H16N5O11P/c20-6(1-2-7(21)22)16-14-17-11-8(12(25)18-14)15-4-19(11)13-10(24)9(23)5(30-13)3-29-31(26,27)28/h1-2,4-5,9-10,13,23-24H,3H2,(H,21,22)(H2,26,27,28)(H2,16,17,18,20,25)/b2-1-/t5-,9-,10-,13-/m1/s1. The number of nitrogens with zero attached hydrogens (tertiary/aromatic N) is 3. The van der Waals surface area contributed by atoms with Gasteiger partial charge in [0.2, 0.25) is 5.95 Å². The number of aliphatic carboxylic acids is 1. The third kappa shape index (κ3) is 5.20. The molecule has 17 heteroatoms. The number of rotatable bonds is 7. The van der Waals surface area contributed by atoms with E-state index in [4.69, 9.17) is 19.6 Å². The molecule has 16 nitrogen and oxygen atoms in total. The predicted octanol–water partition coefficient (Wildman–Crippen LogP) is -2.57. The van der Waals surface area contributed by atoms with Crippen LogP contribution in [0.25, 0.3) is 11.2 Å². The summed E-state index contributed by atoms with van der Waals surface area (Å²) in [5.74, 6) is -2.64. The van der Waals surface area contributed by atoms with Crippen molar-refractivity contribution in [3.63, 3.8) is 0 Å². The number of imidazole rings is 1. The Hall–Kier alpha value is -2.98. The molecule has 1 aliphatic heterocycles. The summed E-state index contributed by atoms with van der Waals surface area (Å²) in [5.41, 5.74) is -1.16. The Balaban J connectivity index is 1.88. The SMILES string of the molecule is O=C(O)/C=C\C(=O)Nc1nc2c(ncn2[C@@H]2O[C@H](COP(=O)(O)O)[C@@H](O)[C@H]2O)c(=O)[nH]1. The van der Waals surface area contributed by atoms with E-state index in [1.807, 2.05) is 0 Å². The van der Waals surface area contributed by atoms with E-state index in [-0.39, 0.29) is 17.1 Å². The summed E-state index contributed by atoms with van der Waals surface area (Å²) in [6.07, 6.45) is -3.58. The minimum Gasteiger partial charge on any atom is -0.478 e. The number of amides is 1. The molecular weight excluding hydrogens is 445 g/mol. The van der Waals surface area contributed by atoms with E-state index < -0.39 is 56.4 Å². The van der Waals surface area contributed by atoms with Crippen molar-refractivity contribution >= 4 is 36.8 Å². The normalized spacial score (nSPS) is 24.1. The number of phosphoric acid groups is 1. The molecule has 0 radical (unpaired) electrons. The molecule has 1 aliphatic rings. The van der Waals surface area contributed by atoms with Crippen LogP contribution in [0.15, 0.2) is 23.3 Å². The fourth-order valence-corrected chi connectivity index (χ4v) is 3.09. The molecule has 31 heavy (non-hydrogen) atoms. The number of aromatic amines is 1. The molecule has 1 amide bonds. The molecule has 0 bridgehead atoms. The van der Waals surface area contributed by atoms with Gasteiger partial charge in [0.15, 0.2) is 17.4 Å². The van der Waals surface area contributed by atoms with E-state index in [9.17, 15) is 29.2 Å². The molecule has 3 heterocycles. The summed E-state index contributed by atoms with van der Waals surface area (Å²) in [7, 11) is -4.85. The number of anilines is 1. The topological polar surface area (TPSA) is 246 Å². The van der Waals surface area contributed by atoms with Crippen LogP contribution < -0.4 is 10.9 Å². The lowest BCUT2D eigenvalue weighted by Crippen LogP contribution is -2.33. The van der Waals surface area contributed by atoms with Gasteiger partial charge in [0.05, 0.1) is 12.9 Å². The number of nitrogens with one attached hydrogen (secondary N) is 2. The van der Waals surface area contributed by atoms with Crippen LogP contribution in [-0.2, 0) is 23.4 Å². The fraction of sp³-hybridized carbons (Fsp3) is 0.357. The number of carboxylic acid groups (broad SMARTS) is 1. The number of H-pyrrole nitrogens is 1. The Bertz CT molecular complexity index is 1140. The largest absolute Gasteiger partial charge is 0.478 e. The summed E-state index contributed by atoms with van der Waals surface area (Å²) in [4.78, 5) is 62.0. The second-order valence-corrected chi connectivity index (χ2v) is 7.47. The number of aliphatic hydroxyl groups is 2. The Kier molecular flexibility index (Phi) is 6.33. The zero-order valence-electron chi connectivity index (χ0n) is 15.2. The highest BCUT2D eigenvalue weighted by molar-refractivity contribution is 7.46. The first-order valence-corrected chi connectivity index (χ1v) is 9.90. The molecule has 0 saturated carbocycles. The van der Waals surface area contributed by atoms with Crippen molar-refractivity contribution in [2.75, 3.05) is 11.9 Å². The number of aliphatic hydroxyl groups excluding tert-OH is 2. The van der Waals surface area contributed by atoms with Gasteiger partial charge < -0.3 is 29.8 Å². The highest BCUT2D eigenvalue weighted by Crippen LogP contribution is 2.38. The number of hydrogen-bond acceptors (Lipinski definition) is 10. The van der Waals surface area contributed by atoms with Crippen molar-refractivity contribution in [1.82, 2.24) is 19.5 Å². The van der Waals surface area contributed by atoms with E-state index >= 15 is 0 Å². The summed E-state index contributed by atoms with van der Waals surface area (Å²) in [6.45, 7) is -0.739. The molecule has 7 N–H and O–H groups in total. The van der Waals surface area contributed by atoms with Gasteiger partial charge in [0.1, 0.15) is 18.3 Å². The number of phosphoric ester groups is 1. The van der Waals surface area contributed by atoms with Crippen LogP contribution in [0.2, 0.25) is 0 Å². The highest BCUT2D eigenvalue weighted by Gasteiger charge is 2.45. The third-order valence-electron chi connectivity index (χ3n) is 4.07. The number of carbonyl (C=O) groups excluding carboxylic acids is 1. The van der Waals surface area contributed by atoms with Crippen molar-refractivity contribution in [3.05, 3.63) is 28.8 Å². The van der Waals surface area contributed by atoms with Crippen LogP contribution in [0.3, 0.4) is 0 Å². The molecule has 3 rings (SSSR count). The van der Waals surface area contributed by atoms with E-state index in [2.05, 4.69) is 24.8 Å². The predicted molar refractivity (Wildman–Crippen MR) is 97.5 cm³/mol. The monoisotopic (exact) mass is 461 g/mol. The van der Waals surface area contributed by atoms with E-state index in [0.29, 0.717) is 12.2 Å². The quantitative estimate of drug-likeness (QED) is 0.166. The van der Waals surface area contributed by atoms with Gasteiger partial charge in [0.25, 0.3) is 11.5 Å². The van der Waals surface area contributed by atoms with Crippen LogP contribution in [-0.4, -0.2) is 81.4 Å². The number of ether oxygens (including phenoxy) is 1. The van der Waals surface area contributed by atoms with E-state index in [1.165, 1.54) is 0 Å². The first-order chi connectivity index (χ1) is 14.5. The summed E-state index contributed by atoms with van der Waals surface area (Å²) in [6, 6.07) is 0. The van der Waals surface area contributed by atoms with Crippen LogP contribution in [0.1, 0.15) is 6.23 Å². The minimum atomic E-state index is -4.85. The van der Waals surface area contributed by atoms with Gasteiger partial charge in [-0.2, -0.15) is 4.98 Å². The van der Waals surface area contributed by atoms with Gasteiger partial charge >= 0.3 is 13.8 Å². The van der Waals surface area contributed by atoms with Crippen LogP contribution in [0.5, 0.6) is 0 Å². The lowest BCUT2D eigenvalue weighted by molar-refractivity contribution is -0.131. The van der Waals surface area contributed by atoms with E-state index in [0.717, 1.165) is 10.9 Å². The van der Waals surface area contributed by atoms with Crippen molar-refractivity contribution in [2.45, 2.75) is 24.5 Å². The summed E-state index contributed by atoms with van der Waals surface area (Å²) in [5, 5.41) is 31.0. The number of carbonyl (C=O) groups is 2. The van der Waals surface area contributed by atoms with Gasteiger partial charge in [-0.25, -0.2) is 14.3 Å². The lowest BCUT2D eigenvalue weighted by atomic mass is 10.1. The number of hydrogen-bond donors (Lipinski definition) is 7. The Morgan fingerprint density at radius 3 is 2.68 bits per heavy atom. The zero-order valence-corrected chi connectivity index (χ0v) is 16.1. The van der Waals surface area contributed by atoms with Gasteiger partial charge in [-0.05, 0) is 0 Å². The average molecular weight is 461 g/mol. The van der Waals surface area contributed by atoms with Gasteiger partial charge in [-0.1, -0.05) is 0 Å². The minimum absolute atomic E-state index is 0.172. The van der Waals surface area contributed by atoms with Crippen molar-refractivity contribution in [2.24, 2.45) is 0 Å². The van der Waals surface area contributed by atoms with Crippen molar-refractivity contribution in [1.29, 1.82) is 0 Å². The zero-order chi connectivity index (χ0) is 22.9. The molecule has 4 atom stereocenters. The second-order valence-electron chi connectivity index (χ2n) is 6.23. The van der Waals surface area contributed by atoms with Crippen LogP contribution >= 0.6 is 7.82 Å². The lowest BCUT2D eigenvalue weighted by Gasteiger charge is -2.16. The van der Waals surface area contributed by atoms with Gasteiger partial charge in [0, 0.05) is 12.2 Å². The van der Waals surface area contributed by atoms with E-state index in [1.54, 1.807) is 0 Å². The molecule has 168 valence electrons. The molecule has 0 unspecified atom stereocenters. The maximum atomic E-state index is 12.2. The molecule has 1 fully saturated rings. The molecule has 2 aromatic rings. The van der Waals surface area contributed by atoms with Crippen LogP contribution in [0.4, 0.5) is 5.95 Å². The molecule has 1 saturated heterocycles. The fourth-order valence-electron chi connectivity index (χ4n) is 2.74. The maximum absolute atomic E-state index is 12.2. The Morgan fingerprint density at radius 1 is 1.32 bits per heavy atom. The Morgan fingerprint density at radius 2 is 2.03 bits per heavy atom. The van der Waals surface area contributed by atoms with Crippen molar-refractivity contribution < 1.29 is 48.5 Å². The molecule has 2 aromatic heterocycles. The molecule has 0 aliphatic carbocycles. The number of carboxylic acids is 1. The smallest absolute Gasteiger partial charge is 0.469 e. The first kappa shape index (κ1) is 22.7. The third-order valence-corrected chi connectivity index (χ3v) is 4.55. The first-order valence-electron chi connectivity index (χ1n) is 8.37. The average Bonchev–Trinajstić information content (AvgIpc) is 3.20. The van der Waals surface area contributed by atoms with Crippen molar-refractivity contribution in [3.8, 4) is 0 Å². The summed E-state index contributed by atoms with van der Waals surface area (Å²) < 4.78 is 21.6. The molecule has 0 spiro atoms. The second kappa shape index (κ2) is 8.64. The Labute approximate surface area is 171 Å². The molecular formula is C14H16N5O11P. The molecule has 0 aromatic carbocycles. The van der Waals surface area contributed by atoms with Crippen LogP contribution in [0, 0.1) is 0 Å². The highest BCUT2D eigenvalue weighted by atomic mass is 31.2. The van der Waals surface area contributed by atoms with Gasteiger partial charge in [-0.15, -0.1) is 0 Å². The number of aromatic nitrogens is 4. The number of fused-ring (bicyclic) bond motifs is 1. The van der Waals surface area contributed by atoms with Gasteiger partial charge in [-0.3, -0.25) is 29.0 Å². The summed E-state index contributed by atoms with van der Waals surface area (Å²) >= 11 is 0. The maximum Gasteiger partial charge on any atom is 0.469 e.